The molecule has 0 aliphatic rings. The summed E-state index contributed by atoms with van der Waals surface area (Å²) >= 11 is 11.5. The van der Waals surface area contributed by atoms with E-state index in [1.165, 1.54) is 6.92 Å². The summed E-state index contributed by atoms with van der Waals surface area (Å²) in [7, 11) is 0. The molecule has 0 saturated heterocycles. The maximum atomic E-state index is 11.2. The summed E-state index contributed by atoms with van der Waals surface area (Å²) in [4.78, 5) is 21.9. The molecule has 1 amide bonds. The Labute approximate surface area is 97.4 Å². The molecule has 3 nitrogen and oxygen atoms in total. The Morgan fingerprint density at radius 1 is 1.20 bits per heavy atom. The lowest BCUT2D eigenvalue weighted by atomic mass is 10.2. The van der Waals surface area contributed by atoms with Crippen LogP contribution in [0.4, 0.5) is 5.69 Å². The highest BCUT2D eigenvalue weighted by Gasteiger charge is 2.06. The van der Waals surface area contributed by atoms with Crippen LogP contribution in [0.15, 0.2) is 18.2 Å². The summed E-state index contributed by atoms with van der Waals surface area (Å²) < 4.78 is 0. The van der Waals surface area contributed by atoms with Crippen LogP contribution < -0.4 is 5.32 Å². The number of hydrogen-bond acceptors (Lipinski definition) is 2. The van der Waals surface area contributed by atoms with Gasteiger partial charge in [0.05, 0.1) is 6.42 Å². The molecule has 0 spiro atoms. The van der Waals surface area contributed by atoms with Crippen LogP contribution in [-0.4, -0.2) is 11.7 Å². The number of amides is 1. The van der Waals surface area contributed by atoms with Crippen molar-refractivity contribution in [3.05, 3.63) is 28.2 Å². The number of Topliss-reactive ketones (excluding diaryl/α,β-unsaturated/α-hetero) is 1. The first-order valence-corrected chi connectivity index (χ1v) is 4.98. The van der Waals surface area contributed by atoms with Gasteiger partial charge in [-0.3, -0.25) is 9.59 Å². The van der Waals surface area contributed by atoms with Crippen molar-refractivity contribution in [2.24, 2.45) is 0 Å². The summed E-state index contributed by atoms with van der Waals surface area (Å²) in [5, 5.41) is 3.39. The Morgan fingerprint density at radius 3 is 2.20 bits per heavy atom. The van der Waals surface area contributed by atoms with Gasteiger partial charge in [-0.2, -0.15) is 0 Å². The van der Waals surface area contributed by atoms with Gasteiger partial charge < -0.3 is 5.32 Å². The third kappa shape index (κ3) is 4.32. The van der Waals surface area contributed by atoms with E-state index >= 15 is 0 Å². The van der Waals surface area contributed by atoms with Gasteiger partial charge in [0.25, 0.3) is 0 Å². The first-order chi connectivity index (χ1) is 6.97. The number of carbonyl (C=O) groups excluding carboxylic acids is 2. The number of nitrogens with one attached hydrogen (secondary N) is 1. The molecule has 0 bridgehead atoms. The SMILES string of the molecule is CC(=O)CC(=O)Nc1cc(Cl)cc(Cl)c1. The normalized spacial score (nSPS) is 9.80. The zero-order chi connectivity index (χ0) is 11.4. The minimum absolute atomic E-state index is 0.149. The Bertz CT molecular complexity index is 384. The van der Waals surface area contributed by atoms with Crippen LogP contribution in [0.3, 0.4) is 0 Å². The van der Waals surface area contributed by atoms with Crippen LogP contribution in [0.2, 0.25) is 10.0 Å². The summed E-state index contributed by atoms with van der Waals surface area (Å²) in [6.45, 7) is 1.35. The third-order valence-corrected chi connectivity index (χ3v) is 1.99. The third-order valence-electron chi connectivity index (χ3n) is 1.56. The molecular weight excluding hydrogens is 237 g/mol. The number of halogens is 2. The number of benzene rings is 1. The molecule has 0 heterocycles. The second-order valence-electron chi connectivity index (χ2n) is 3.09. The molecule has 0 radical (unpaired) electrons. The van der Waals surface area contributed by atoms with Crippen molar-refractivity contribution in [3.63, 3.8) is 0 Å². The van der Waals surface area contributed by atoms with Crippen LogP contribution in [0.5, 0.6) is 0 Å². The van der Waals surface area contributed by atoms with E-state index in [9.17, 15) is 9.59 Å². The van der Waals surface area contributed by atoms with Gasteiger partial charge in [0.15, 0.2) is 0 Å². The molecule has 1 aromatic rings. The van der Waals surface area contributed by atoms with Crippen LogP contribution in [-0.2, 0) is 9.59 Å². The molecule has 0 fully saturated rings. The van der Waals surface area contributed by atoms with Gasteiger partial charge in [0.2, 0.25) is 5.91 Å². The zero-order valence-electron chi connectivity index (χ0n) is 8.01. The molecule has 0 unspecified atom stereocenters. The molecule has 15 heavy (non-hydrogen) atoms. The van der Waals surface area contributed by atoms with Crippen LogP contribution in [0.25, 0.3) is 0 Å². The monoisotopic (exact) mass is 245 g/mol. The lowest BCUT2D eigenvalue weighted by Crippen LogP contribution is -2.14. The average Bonchev–Trinajstić information content (AvgIpc) is 1.98. The quantitative estimate of drug-likeness (QED) is 0.833. The molecule has 0 aliphatic heterocycles. The summed E-state index contributed by atoms with van der Waals surface area (Å²) in [6.07, 6.45) is -0.149. The zero-order valence-corrected chi connectivity index (χ0v) is 9.52. The molecule has 1 aromatic carbocycles. The van der Waals surface area contributed by atoms with E-state index in [2.05, 4.69) is 5.32 Å². The number of ketones is 1. The number of anilines is 1. The molecule has 1 rings (SSSR count). The topological polar surface area (TPSA) is 46.2 Å². The van der Waals surface area contributed by atoms with E-state index in [0.29, 0.717) is 15.7 Å². The molecule has 5 heteroatoms. The fourth-order valence-electron chi connectivity index (χ4n) is 1.06. The van der Waals surface area contributed by atoms with Gasteiger partial charge in [0, 0.05) is 15.7 Å². The Kier molecular flexibility index (Phi) is 4.12. The standard InChI is InChI=1S/C10H9Cl2NO2/c1-6(14)2-10(15)13-9-4-7(11)3-8(12)5-9/h3-5H,2H2,1H3,(H,13,15). The van der Waals surface area contributed by atoms with Gasteiger partial charge in [-0.05, 0) is 25.1 Å². The minimum atomic E-state index is -0.374. The minimum Gasteiger partial charge on any atom is -0.326 e. The first-order valence-electron chi connectivity index (χ1n) is 4.23. The number of carbonyl (C=O) groups is 2. The summed E-state index contributed by atoms with van der Waals surface area (Å²) in [6, 6.07) is 4.68. The maximum Gasteiger partial charge on any atom is 0.231 e. The smallest absolute Gasteiger partial charge is 0.231 e. The van der Waals surface area contributed by atoms with Crippen molar-refractivity contribution >= 4 is 40.6 Å². The maximum absolute atomic E-state index is 11.2. The van der Waals surface area contributed by atoms with E-state index in [4.69, 9.17) is 23.2 Å². The highest BCUT2D eigenvalue weighted by Crippen LogP contribution is 2.22. The summed E-state index contributed by atoms with van der Waals surface area (Å²) in [5.41, 5.74) is 0.485. The Hall–Kier alpha value is -1.06. The van der Waals surface area contributed by atoms with Crippen LogP contribution >= 0.6 is 23.2 Å². The Morgan fingerprint density at radius 2 is 1.73 bits per heavy atom. The molecular formula is C10H9Cl2NO2. The van der Waals surface area contributed by atoms with Crippen molar-refractivity contribution in [3.8, 4) is 0 Å². The predicted molar refractivity (Wildman–Crippen MR) is 60.4 cm³/mol. The Balaban J connectivity index is 2.72. The van der Waals surface area contributed by atoms with Gasteiger partial charge in [-0.15, -0.1) is 0 Å². The van der Waals surface area contributed by atoms with Gasteiger partial charge in [-0.1, -0.05) is 23.2 Å². The predicted octanol–water partition coefficient (Wildman–Crippen LogP) is 2.91. The number of rotatable bonds is 3. The molecule has 80 valence electrons. The van der Waals surface area contributed by atoms with Crippen LogP contribution in [0, 0.1) is 0 Å². The molecule has 1 N–H and O–H groups in total. The fourth-order valence-corrected chi connectivity index (χ4v) is 1.58. The van der Waals surface area contributed by atoms with Crippen molar-refractivity contribution in [1.82, 2.24) is 0 Å². The lowest BCUT2D eigenvalue weighted by Gasteiger charge is -2.04. The van der Waals surface area contributed by atoms with E-state index < -0.39 is 0 Å². The van der Waals surface area contributed by atoms with Crippen molar-refractivity contribution in [2.45, 2.75) is 13.3 Å². The average molecular weight is 246 g/mol. The second-order valence-corrected chi connectivity index (χ2v) is 3.96. The van der Waals surface area contributed by atoms with Gasteiger partial charge >= 0.3 is 0 Å². The first kappa shape index (κ1) is 12.0. The van der Waals surface area contributed by atoms with E-state index in [-0.39, 0.29) is 18.1 Å². The molecule has 0 saturated carbocycles. The molecule has 0 atom stereocenters. The molecule has 0 aliphatic carbocycles. The molecule has 0 aromatic heterocycles. The van der Waals surface area contributed by atoms with Crippen LogP contribution in [0.1, 0.15) is 13.3 Å². The van der Waals surface area contributed by atoms with E-state index in [1.54, 1.807) is 18.2 Å². The highest BCUT2D eigenvalue weighted by atomic mass is 35.5. The van der Waals surface area contributed by atoms with Gasteiger partial charge in [-0.25, -0.2) is 0 Å². The highest BCUT2D eigenvalue weighted by molar-refractivity contribution is 6.35. The second kappa shape index (κ2) is 5.14. The van der Waals surface area contributed by atoms with Gasteiger partial charge in [0.1, 0.15) is 5.78 Å². The fraction of sp³-hybridized carbons (Fsp3) is 0.200. The van der Waals surface area contributed by atoms with Crippen molar-refractivity contribution in [2.75, 3.05) is 5.32 Å². The van der Waals surface area contributed by atoms with E-state index in [0.717, 1.165) is 0 Å². The van der Waals surface area contributed by atoms with Crippen molar-refractivity contribution < 1.29 is 9.59 Å². The largest absolute Gasteiger partial charge is 0.326 e. The van der Waals surface area contributed by atoms with E-state index in [1.807, 2.05) is 0 Å². The van der Waals surface area contributed by atoms with Crippen molar-refractivity contribution in [1.29, 1.82) is 0 Å². The summed E-state index contributed by atoms with van der Waals surface area (Å²) in [5.74, 6) is -0.568. The number of hydrogen-bond donors (Lipinski definition) is 1. The lowest BCUT2D eigenvalue weighted by molar-refractivity contribution is -0.124.